The van der Waals surface area contributed by atoms with E-state index in [2.05, 4.69) is 15.0 Å². The largest absolute Gasteiger partial charge is 0.469 e. The third-order valence-corrected chi connectivity index (χ3v) is 5.28. The molecule has 0 fully saturated rings. The van der Waals surface area contributed by atoms with Crippen molar-refractivity contribution in [1.29, 1.82) is 0 Å². The van der Waals surface area contributed by atoms with Crippen molar-refractivity contribution in [2.45, 2.75) is 17.9 Å². The van der Waals surface area contributed by atoms with E-state index in [0.29, 0.717) is 18.7 Å². The molecule has 140 valence electrons. The molecule has 0 unspecified atom stereocenters. The van der Waals surface area contributed by atoms with Crippen LogP contribution in [0, 0.1) is 0 Å². The van der Waals surface area contributed by atoms with E-state index in [1.807, 2.05) is 6.07 Å². The van der Waals surface area contributed by atoms with E-state index in [0.717, 1.165) is 5.56 Å². The van der Waals surface area contributed by atoms with E-state index in [-0.39, 0.29) is 22.9 Å². The summed E-state index contributed by atoms with van der Waals surface area (Å²) in [6.45, 7) is 0.512. The minimum absolute atomic E-state index is 0.0379. The Labute approximate surface area is 157 Å². The van der Waals surface area contributed by atoms with E-state index in [4.69, 9.17) is 4.42 Å². The number of benzene rings is 1. The fourth-order valence-corrected chi connectivity index (χ4v) is 3.52. The second-order valence-electron chi connectivity index (χ2n) is 5.80. The Morgan fingerprint density at radius 2 is 2.00 bits per heavy atom. The number of hydrogen-bond donors (Lipinski definition) is 2. The highest BCUT2D eigenvalue weighted by Crippen LogP contribution is 2.12. The number of hydrogen-bond acceptors (Lipinski definition) is 5. The Balaban J connectivity index is 1.62. The van der Waals surface area contributed by atoms with E-state index in [1.165, 1.54) is 18.4 Å². The number of pyridine rings is 1. The second kappa shape index (κ2) is 8.61. The van der Waals surface area contributed by atoms with Gasteiger partial charge in [0.05, 0.1) is 11.2 Å². The maximum atomic E-state index is 12.4. The van der Waals surface area contributed by atoms with Crippen molar-refractivity contribution in [2.24, 2.45) is 0 Å². The normalized spacial score (nSPS) is 11.3. The van der Waals surface area contributed by atoms with Gasteiger partial charge >= 0.3 is 0 Å². The molecular weight excluding hydrogens is 366 g/mol. The number of nitrogens with zero attached hydrogens (tertiary/aromatic N) is 1. The number of carbonyl (C=O) groups is 1. The highest BCUT2D eigenvalue weighted by molar-refractivity contribution is 7.89. The molecule has 0 aliphatic carbocycles. The van der Waals surface area contributed by atoms with Crippen LogP contribution >= 0.6 is 0 Å². The predicted octanol–water partition coefficient (Wildman–Crippen LogP) is 2.13. The summed E-state index contributed by atoms with van der Waals surface area (Å²) in [7, 11) is -3.72. The molecule has 0 aliphatic heterocycles. The molecule has 8 heteroatoms. The van der Waals surface area contributed by atoms with Gasteiger partial charge in [0, 0.05) is 37.5 Å². The maximum absolute atomic E-state index is 12.4. The second-order valence-corrected chi connectivity index (χ2v) is 7.57. The molecule has 7 nitrogen and oxygen atoms in total. The lowest BCUT2D eigenvalue weighted by molar-refractivity contribution is 0.0950. The van der Waals surface area contributed by atoms with Gasteiger partial charge in [-0.05, 0) is 42.0 Å². The van der Waals surface area contributed by atoms with Gasteiger partial charge in [-0.1, -0.05) is 12.1 Å². The van der Waals surface area contributed by atoms with Crippen LogP contribution in [0.3, 0.4) is 0 Å². The average Bonchev–Trinajstić information content (AvgIpc) is 3.20. The lowest BCUT2D eigenvalue weighted by Crippen LogP contribution is -2.27. The SMILES string of the molecule is O=C(NCc1cccnc1)c1cccc(S(=O)(=O)NCCc2ccco2)c1. The molecular formula is C19H19N3O4S. The highest BCUT2D eigenvalue weighted by atomic mass is 32.2. The Kier molecular flexibility index (Phi) is 6.00. The first-order valence-electron chi connectivity index (χ1n) is 8.34. The Morgan fingerprint density at radius 3 is 2.74 bits per heavy atom. The summed E-state index contributed by atoms with van der Waals surface area (Å²) < 4.78 is 32.6. The molecule has 0 saturated carbocycles. The molecule has 0 aliphatic rings. The van der Waals surface area contributed by atoms with Crippen molar-refractivity contribution >= 4 is 15.9 Å². The van der Waals surface area contributed by atoms with E-state index >= 15 is 0 Å². The zero-order valence-corrected chi connectivity index (χ0v) is 15.3. The molecule has 3 aromatic rings. The van der Waals surface area contributed by atoms with Gasteiger partial charge < -0.3 is 9.73 Å². The molecule has 27 heavy (non-hydrogen) atoms. The number of amides is 1. The van der Waals surface area contributed by atoms with Gasteiger partial charge in [-0.2, -0.15) is 0 Å². The van der Waals surface area contributed by atoms with Crippen LogP contribution in [-0.2, 0) is 23.0 Å². The molecule has 0 saturated heterocycles. The van der Waals surface area contributed by atoms with Gasteiger partial charge in [0.25, 0.3) is 5.91 Å². The van der Waals surface area contributed by atoms with E-state index < -0.39 is 10.0 Å². The molecule has 2 aromatic heterocycles. The summed E-state index contributed by atoms with van der Waals surface area (Å²) in [5.41, 5.74) is 1.13. The van der Waals surface area contributed by atoms with Crippen LogP contribution in [0.5, 0.6) is 0 Å². The fraction of sp³-hybridized carbons (Fsp3) is 0.158. The van der Waals surface area contributed by atoms with E-state index in [1.54, 1.807) is 42.7 Å². The molecule has 2 heterocycles. The third-order valence-electron chi connectivity index (χ3n) is 3.83. The highest BCUT2D eigenvalue weighted by Gasteiger charge is 2.16. The first-order chi connectivity index (χ1) is 13.0. The Morgan fingerprint density at radius 1 is 1.11 bits per heavy atom. The smallest absolute Gasteiger partial charge is 0.251 e. The zero-order chi connectivity index (χ0) is 19.1. The van der Waals surface area contributed by atoms with Crippen molar-refractivity contribution < 1.29 is 17.6 Å². The van der Waals surface area contributed by atoms with Crippen molar-refractivity contribution in [3.05, 3.63) is 84.1 Å². The van der Waals surface area contributed by atoms with Gasteiger partial charge in [0.15, 0.2) is 0 Å². The van der Waals surface area contributed by atoms with Crippen LogP contribution in [0.4, 0.5) is 0 Å². The maximum Gasteiger partial charge on any atom is 0.251 e. The summed E-state index contributed by atoms with van der Waals surface area (Å²) in [5.74, 6) is 0.340. The molecule has 0 spiro atoms. The molecule has 0 atom stereocenters. The average molecular weight is 385 g/mol. The van der Waals surface area contributed by atoms with Crippen LogP contribution in [0.2, 0.25) is 0 Å². The predicted molar refractivity (Wildman–Crippen MR) is 99.4 cm³/mol. The Hall–Kier alpha value is -2.97. The minimum Gasteiger partial charge on any atom is -0.469 e. The zero-order valence-electron chi connectivity index (χ0n) is 14.5. The lowest BCUT2D eigenvalue weighted by atomic mass is 10.2. The van der Waals surface area contributed by atoms with Crippen LogP contribution in [0.1, 0.15) is 21.7 Å². The number of furan rings is 1. The van der Waals surface area contributed by atoms with Crippen molar-refractivity contribution in [3.63, 3.8) is 0 Å². The topological polar surface area (TPSA) is 101 Å². The molecule has 0 radical (unpaired) electrons. The first kappa shape index (κ1) is 18.8. The quantitative estimate of drug-likeness (QED) is 0.619. The fourth-order valence-electron chi connectivity index (χ4n) is 2.44. The van der Waals surface area contributed by atoms with Crippen molar-refractivity contribution in [1.82, 2.24) is 15.0 Å². The van der Waals surface area contributed by atoms with Gasteiger partial charge in [-0.15, -0.1) is 0 Å². The number of carbonyl (C=O) groups excluding carboxylic acids is 1. The summed E-state index contributed by atoms with van der Waals surface area (Å²) in [6, 6.07) is 13.1. The molecule has 2 N–H and O–H groups in total. The summed E-state index contributed by atoms with van der Waals surface area (Å²) in [5, 5.41) is 2.75. The lowest BCUT2D eigenvalue weighted by Gasteiger charge is -2.09. The molecule has 3 rings (SSSR count). The summed E-state index contributed by atoms with van der Waals surface area (Å²) in [6.07, 6.45) is 5.29. The molecule has 0 bridgehead atoms. The van der Waals surface area contributed by atoms with Gasteiger partial charge in [-0.3, -0.25) is 9.78 Å². The van der Waals surface area contributed by atoms with Crippen LogP contribution in [0.25, 0.3) is 0 Å². The number of nitrogens with one attached hydrogen (secondary N) is 2. The first-order valence-corrected chi connectivity index (χ1v) is 9.82. The summed E-state index contributed by atoms with van der Waals surface area (Å²) in [4.78, 5) is 16.3. The molecule has 1 aromatic carbocycles. The number of rotatable bonds is 8. The van der Waals surface area contributed by atoms with Crippen LogP contribution in [-0.4, -0.2) is 25.9 Å². The monoisotopic (exact) mass is 385 g/mol. The van der Waals surface area contributed by atoms with Crippen LogP contribution < -0.4 is 10.0 Å². The molecule has 1 amide bonds. The number of aromatic nitrogens is 1. The Bertz CT molecular complexity index is 987. The number of sulfonamides is 1. The minimum atomic E-state index is -3.72. The van der Waals surface area contributed by atoms with Crippen molar-refractivity contribution in [3.8, 4) is 0 Å². The van der Waals surface area contributed by atoms with E-state index in [9.17, 15) is 13.2 Å². The van der Waals surface area contributed by atoms with Gasteiger partial charge in [0.1, 0.15) is 5.76 Å². The van der Waals surface area contributed by atoms with Gasteiger partial charge in [-0.25, -0.2) is 13.1 Å². The van der Waals surface area contributed by atoms with Crippen LogP contribution in [0.15, 0.2) is 76.5 Å². The standard InChI is InChI=1S/C19H19N3O4S/c23-19(21-14-15-4-2-9-20-13-15)16-5-1-7-18(12-16)27(24,25)22-10-8-17-6-3-11-26-17/h1-7,9,11-13,22H,8,10,14H2,(H,21,23). The third kappa shape index (κ3) is 5.25. The van der Waals surface area contributed by atoms with Gasteiger partial charge in [0.2, 0.25) is 10.0 Å². The van der Waals surface area contributed by atoms with Crippen molar-refractivity contribution in [2.75, 3.05) is 6.54 Å². The summed E-state index contributed by atoms with van der Waals surface area (Å²) >= 11 is 0.